The lowest BCUT2D eigenvalue weighted by Crippen LogP contribution is -2.02. The Bertz CT molecular complexity index is 581. The Labute approximate surface area is 116 Å². The molecular weight excluding hydrogens is 262 g/mol. The molecule has 1 N–H and O–H groups in total. The van der Waals surface area contributed by atoms with Crippen LogP contribution in [-0.2, 0) is 13.2 Å². The summed E-state index contributed by atoms with van der Waals surface area (Å²) in [5.74, 6) is -2.03. The minimum atomic E-state index is -0.807. The number of hydrogen-bond acceptors (Lipinski definition) is 2. The van der Waals surface area contributed by atoms with E-state index in [0.717, 1.165) is 28.8 Å². The van der Waals surface area contributed by atoms with Crippen molar-refractivity contribution in [2.75, 3.05) is 0 Å². The Hall–Kier alpha value is -1.94. The summed E-state index contributed by atoms with van der Waals surface area (Å²) in [5, 5.41) is 8.87. The molecule has 0 saturated carbocycles. The van der Waals surface area contributed by atoms with Gasteiger partial charge in [-0.3, -0.25) is 0 Å². The summed E-state index contributed by atoms with van der Waals surface area (Å²) in [5.41, 5.74) is 3.17. The highest BCUT2D eigenvalue weighted by molar-refractivity contribution is 5.32. The van der Waals surface area contributed by atoms with Crippen molar-refractivity contribution in [2.45, 2.75) is 27.1 Å². The zero-order valence-corrected chi connectivity index (χ0v) is 11.4. The molecule has 4 heteroatoms. The molecule has 2 rings (SSSR count). The fourth-order valence-corrected chi connectivity index (χ4v) is 2.15. The van der Waals surface area contributed by atoms with Crippen molar-refractivity contribution >= 4 is 0 Å². The molecule has 0 aliphatic heterocycles. The summed E-state index contributed by atoms with van der Waals surface area (Å²) in [7, 11) is 0. The van der Waals surface area contributed by atoms with Gasteiger partial charge in [0.2, 0.25) is 0 Å². The number of ether oxygens (including phenoxy) is 1. The lowest BCUT2D eigenvalue weighted by atomic mass is 10.1. The monoisotopic (exact) mass is 278 g/mol. The quantitative estimate of drug-likeness (QED) is 0.925. The second-order valence-corrected chi connectivity index (χ2v) is 4.83. The van der Waals surface area contributed by atoms with Crippen LogP contribution in [0.3, 0.4) is 0 Å². The Morgan fingerprint density at radius 3 is 1.95 bits per heavy atom. The van der Waals surface area contributed by atoms with Crippen molar-refractivity contribution in [3.63, 3.8) is 0 Å². The predicted molar refractivity (Wildman–Crippen MR) is 72.5 cm³/mol. The van der Waals surface area contributed by atoms with Crippen LogP contribution in [0.25, 0.3) is 0 Å². The molecule has 2 nitrogen and oxygen atoms in total. The first-order chi connectivity index (χ1) is 9.49. The molecule has 0 atom stereocenters. The van der Waals surface area contributed by atoms with Gasteiger partial charge >= 0.3 is 0 Å². The molecule has 0 saturated heterocycles. The van der Waals surface area contributed by atoms with Crippen LogP contribution in [0.2, 0.25) is 0 Å². The third-order valence-electron chi connectivity index (χ3n) is 2.91. The lowest BCUT2D eigenvalue weighted by molar-refractivity contribution is 0.266. The highest BCUT2D eigenvalue weighted by Crippen LogP contribution is 2.24. The largest absolute Gasteiger partial charge is 0.483 e. The minimum Gasteiger partial charge on any atom is -0.483 e. The van der Waals surface area contributed by atoms with E-state index in [-0.39, 0.29) is 12.2 Å². The molecule has 0 aliphatic rings. The molecule has 0 aliphatic carbocycles. The average Bonchev–Trinajstić information content (AvgIpc) is 2.36. The van der Waals surface area contributed by atoms with Crippen molar-refractivity contribution in [3.05, 3.63) is 64.2 Å². The van der Waals surface area contributed by atoms with Crippen LogP contribution in [-0.4, -0.2) is 5.11 Å². The first-order valence-electron chi connectivity index (χ1n) is 6.28. The normalized spacial score (nSPS) is 10.7. The zero-order chi connectivity index (χ0) is 14.7. The molecule has 2 aromatic carbocycles. The first kappa shape index (κ1) is 14.5. The predicted octanol–water partition coefficient (Wildman–Crippen LogP) is 3.65. The molecule has 0 heterocycles. The van der Waals surface area contributed by atoms with Gasteiger partial charge in [0.15, 0.2) is 17.4 Å². The van der Waals surface area contributed by atoms with Crippen LogP contribution < -0.4 is 4.74 Å². The van der Waals surface area contributed by atoms with Crippen LogP contribution in [0.15, 0.2) is 30.3 Å². The molecule has 106 valence electrons. The van der Waals surface area contributed by atoms with Crippen molar-refractivity contribution < 1.29 is 18.6 Å². The number of aryl methyl sites for hydroxylation is 2. The van der Waals surface area contributed by atoms with Gasteiger partial charge in [-0.25, -0.2) is 8.78 Å². The third-order valence-corrected chi connectivity index (χ3v) is 2.91. The highest BCUT2D eigenvalue weighted by Gasteiger charge is 2.12. The minimum absolute atomic E-state index is 0.0921. The molecule has 2 aromatic rings. The first-order valence-corrected chi connectivity index (χ1v) is 6.28. The number of rotatable bonds is 4. The Morgan fingerprint density at radius 2 is 1.45 bits per heavy atom. The molecule has 0 unspecified atom stereocenters. The highest BCUT2D eigenvalue weighted by atomic mass is 19.1. The molecule has 0 bridgehead atoms. The van der Waals surface area contributed by atoms with Gasteiger partial charge in [0.25, 0.3) is 0 Å². The third kappa shape index (κ3) is 3.33. The van der Waals surface area contributed by atoms with Gasteiger partial charge in [0.05, 0.1) is 6.61 Å². The smallest absolute Gasteiger partial charge is 0.191 e. The number of hydrogen-bond donors (Lipinski definition) is 1. The van der Waals surface area contributed by atoms with E-state index in [0.29, 0.717) is 0 Å². The SMILES string of the molecule is Cc1cc(C)cc(COc2c(F)cc(CO)cc2F)c1. The van der Waals surface area contributed by atoms with E-state index in [9.17, 15) is 8.78 Å². The van der Waals surface area contributed by atoms with Crippen LogP contribution in [0, 0.1) is 25.5 Å². The van der Waals surface area contributed by atoms with Crippen molar-refractivity contribution in [1.29, 1.82) is 0 Å². The van der Waals surface area contributed by atoms with Crippen LogP contribution in [0.1, 0.15) is 22.3 Å². The van der Waals surface area contributed by atoms with Gasteiger partial charge < -0.3 is 9.84 Å². The van der Waals surface area contributed by atoms with Gasteiger partial charge in [-0.15, -0.1) is 0 Å². The molecule has 0 spiro atoms. The van der Waals surface area contributed by atoms with Crippen LogP contribution in [0.5, 0.6) is 5.75 Å². The fourth-order valence-electron chi connectivity index (χ4n) is 2.15. The van der Waals surface area contributed by atoms with E-state index >= 15 is 0 Å². The fraction of sp³-hybridized carbons (Fsp3) is 0.250. The summed E-state index contributed by atoms with van der Waals surface area (Å²) < 4.78 is 32.6. The van der Waals surface area contributed by atoms with Gasteiger partial charge in [0, 0.05) is 0 Å². The van der Waals surface area contributed by atoms with Gasteiger partial charge in [-0.05, 0) is 37.1 Å². The van der Waals surface area contributed by atoms with E-state index < -0.39 is 24.0 Å². The summed E-state index contributed by atoms with van der Waals surface area (Å²) in [6, 6.07) is 7.97. The Morgan fingerprint density at radius 1 is 0.900 bits per heavy atom. The second kappa shape index (κ2) is 6.01. The summed E-state index contributed by atoms with van der Waals surface area (Å²) in [6.45, 7) is 3.58. The van der Waals surface area contributed by atoms with E-state index in [1.54, 1.807) is 0 Å². The zero-order valence-electron chi connectivity index (χ0n) is 11.4. The Kier molecular flexibility index (Phi) is 4.35. The van der Waals surface area contributed by atoms with Crippen molar-refractivity contribution in [1.82, 2.24) is 0 Å². The maximum absolute atomic E-state index is 13.7. The molecule has 0 radical (unpaired) electrons. The molecule has 20 heavy (non-hydrogen) atoms. The lowest BCUT2D eigenvalue weighted by Gasteiger charge is -2.10. The van der Waals surface area contributed by atoms with Crippen molar-refractivity contribution in [3.8, 4) is 5.75 Å². The van der Waals surface area contributed by atoms with E-state index in [1.165, 1.54) is 0 Å². The van der Waals surface area contributed by atoms with Crippen LogP contribution in [0.4, 0.5) is 8.78 Å². The summed E-state index contributed by atoms with van der Waals surface area (Å²) >= 11 is 0. The molecule has 0 fully saturated rings. The maximum atomic E-state index is 13.7. The Balaban J connectivity index is 2.18. The number of aliphatic hydroxyl groups is 1. The average molecular weight is 278 g/mol. The second-order valence-electron chi connectivity index (χ2n) is 4.83. The van der Waals surface area contributed by atoms with Crippen LogP contribution >= 0.6 is 0 Å². The van der Waals surface area contributed by atoms with Gasteiger partial charge in [-0.2, -0.15) is 0 Å². The molecular formula is C16H16F2O2. The van der Waals surface area contributed by atoms with Crippen molar-refractivity contribution in [2.24, 2.45) is 0 Å². The van der Waals surface area contributed by atoms with E-state index in [1.807, 2.05) is 32.0 Å². The van der Waals surface area contributed by atoms with Gasteiger partial charge in [-0.1, -0.05) is 29.3 Å². The number of aliphatic hydroxyl groups excluding tert-OH is 1. The van der Waals surface area contributed by atoms with E-state index in [4.69, 9.17) is 9.84 Å². The van der Waals surface area contributed by atoms with E-state index in [2.05, 4.69) is 0 Å². The molecule has 0 aromatic heterocycles. The standard InChI is InChI=1S/C16H16F2O2/c1-10-3-11(2)5-13(4-10)9-20-16-14(17)6-12(8-19)7-15(16)18/h3-7,19H,8-9H2,1-2H3. The summed E-state index contributed by atoms with van der Waals surface area (Å²) in [4.78, 5) is 0. The summed E-state index contributed by atoms with van der Waals surface area (Å²) in [6.07, 6.45) is 0. The maximum Gasteiger partial charge on any atom is 0.191 e. The number of benzene rings is 2. The van der Waals surface area contributed by atoms with Gasteiger partial charge in [0.1, 0.15) is 6.61 Å². The molecule has 0 amide bonds. The topological polar surface area (TPSA) is 29.5 Å². The number of halogens is 2.